The van der Waals surface area contributed by atoms with Crippen LogP contribution in [0, 0.1) is 5.82 Å². The van der Waals surface area contributed by atoms with Gasteiger partial charge in [-0.2, -0.15) is 0 Å². The Kier molecular flexibility index (Phi) is 7.06. The average Bonchev–Trinajstić information content (AvgIpc) is 3.04. The maximum absolute atomic E-state index is 12.9. The molecular weight excluding hydrogens is 373 g/mol. The van der Waals surface area contributed by atoms with Gasteiger partial charge in [-0.05, 0) is 43.2 Å². The number of nitrogens with one attached hydrogen (secondary N) is 1. The Bertz CT molecular complexity index is 829. The minimum atomic E-state index is -0.746. The van der Waals surface area contributed by atoms with Gasteiger partial charge in [0.15, 0.2) is 6.61 Å². The Morgan fingerprint density at radius 3 is 2.37 bits per heavy atom. The van der Waals surface area contributed by atoms with Crippen LogP contribution < -0.4 is 5.32 Å². The first kappa shape index (κ1) is 20.6. The fourth-order valence-electron chi connectivity index (χ4n) is 2.11. The molecule has 6 nitrogen and oxygen atoms in total. The van der Waals surface area contributed by atoms with Crippen molar-refractivity contribution < 1.29 is 28.2 Å². The molecule has 0 aliphatic rings. The molecule has 0 aliphatic carbocycles. The van der Waals surface area contributed by atoms with E-state index in [1.807, 2.05) is 13.8 Å². The van der Waals surface area contributed by atoms with Crippen LogP contribution in [0.25, 0.3) is 0 Å². The Hall–Kier alpha value is -2.74. The summed E-state index contributed by atoms with van der Waals surface area (Å²) in [5, 5.41) is 2.93. The van der Waals surface area contributed by atoms with Gasteiger partial charge in [-0.15, -0.1) is 11.3 Å². The van der Waals surface area contributed by atoms with E-state index < -0.39 is 30.3 Å². The predicted octanol–water partition coefficient (Wildman–Crippen LogP) is 3.98. The molecule has 0 spiro atoms. The number of halogens is 1. The van der Waals surface area contributed by atoms with Gasteiger partial charge in [0.05, 0.1) is 17.7 Å². The molecule has 0 saturated heterocycles. The quantitative estimate of drug-likeness (QED) is 0.720. The summed E-state index contributed by atoms with van der Waals surface area (Å²) >= 11 is 1.27. The molecule has 0 saturated carbocycles. The molecule has 0 unspecified atom stereocenters. The fraction of sp³-hybridized carbons (Fsp3) is 0.316. The Balaban J connectivity index is 2.03. The van der Waals surface area contributed by atoms with Gasteiger partial charge in [0.25, 0.3) is 5.91 Å². The maximum Gasteiger partial charge on any atom is 0.341 e. The molecule has 27 heavy (non-hydrogen) atoms. The summed E-state index contributed by atoms with van der Waals surface area (Å²) in [5.74, 6) is -2.17. The van der Waals surface area contributed by atoms with Crippen LogP contribution in [0.3, 0.4) is 0 Å². The summed E-state index contributed by atoms with van der Waals surface area (Å²) < 4.78 is 22.8. The zero-order valence-corrected chi connectivity index (χ0v) is 16.0. The van der Waals surface area contributed by atoms with Crippen LogP contribution in [-0.4, -0.2) is 31.1 Å². The molecule has 144 valence electrons. The molecule has 2 rings (SSSR count). The number of amides is 1. The monoisotopic (exact) mass is 393 g/mol. The molecule has 0 radical (unpaired) electrons. The molecule has 1 heterocycles. The van der Waals surface area contributed by atoms with Crippen molar-refractivity contribution in [2.45, 2.75) is 26.7 Å². The first-order chi connectivity index (χ1) is 12.8. The van der Waals surface area contributed by atoms with E-state index in [-0.39, 0.29) is 23.7 Å². The van der Waals surface area contributed by atoms with Gasteiger partial charge >= 0.3 is 11.9 Å². The summed E-state index contributed by atoms with van der Waals surface area (Å²) in [6, 6.07) is 6.47. The first-order valence-corrected chi connectivity index (χ1v) is 9.16. The number of carbonyl (C=O) groups is 3. The zero-order valence-electron chi connectivity index (χ0n) is 15.2. The van der Waals surface area contributed by atoms with Gasteiger partial charge in [0, 0.05) is 4.88 Å². The van der Waals surface area contributed by atoms with Crippen molar-refractivity contribution in [2.75, 3.05) is 18.5 Å². The molecule has 8 heteroatoms. The van der Waals surface area contributed by atoms with Crippen molar-refractivity contribution in [3.8, 4) is 0 Å². The lowest BCUT2D eigenvalue weighted by Crippen LogP contribution is -2.21. The van der Waals surface area contributed by atoms with E-state index in [1.54, 1.807) is 13.0 Å². The zero-order chi connectivity index (χ0) is 20.0. The lowest BCUT2D eigenvalue weighted by molar-refractivity contribution is -0.119. The van der Waals surface area contributed by atoms with Crippen molar-refractivity contribution in [2.24, 2.45) is 0 Å². The summed E-state index contributed by atoms with van der Waals surface area (Å²) in [6.45, 7) is 5.32. The highest BCUT2D eigenvalue weighted by Crippen LogP contribution is 2.33. The second-order valence-electron chi connectivity index (χ2n) is 5.90. The topological polar surface area (TPSA) is 81.7 Å². The molecule has 0 fully saturated rings. The third kappa shape index (κ3) is 5.62. The number of hydrogen-bond acceptors (Lipinski definition) is 6. The highest BCUT2D eigenvalue weighted by atomic mass is 32.1. The number of benzene rings is 1. The van der Waals surface area contributed by atoms with E-state index in [2.05, 4.69) is 5.32 Å². The third-order valence-corrected chi connectivity index (χ3v) is 4.83. The van der Waals surface area contributed by atoms with E-state index in [0.29, 0.717) is 5.00 Å². The number of rotatable bonds is 7. The van der Waals surface area contributed by atoms with E-state index in [1.165, 1.54) is 23.5 Å². The number of anilines is 1. The third-order valence-electron chi connectivity index (χ3n) is 3.48. The van der Waals surface area contributed by atoms with Crippen LogP contribution in [0.4, 0.5) is 9.39 Å². The van der Waals surface area contributed by atoms with Gasteiger partial charge in [0.2, 0.25) is 0 Å². The molecular formula is C19H20FNO5S. The molecule has 0 bridgehead atoms. The SMILES string of the molecule is CCOC(=O)c1cc(C(C)C)sc1NC(=O)COC(=O)c1ccc(F)cc1. The van der Waals surface area contributed by atoms with E-state index >= 15 is 0 Å². The van der Waals surface area contributed by atoms with Crippen LogP contribution >= 0.6 is 11.3 Å². The fourth-order valence-corrected chi connectivity index (χ4v) is 3.18. The lowest BCUT2D eigenvalue weighted by atomic mass is 10.1. The lowest BCUT2D eigenvalue weighted by Gasteiger charge is -2.07. The minimum Gasteiger partial charge on any atom is -0.462 e. The van der Waals surface area contributed by atoms with E-state index in [9.17, 15) is 18.8 Å². The van der Waals surface area contributed by atoms with Crippen molar-refractivity contribution in [1.82, 2.24) is 0 Å². The normalized spacial score (nSPS) is 10.6. The molecule has 1 aromatic carbocycles. The van der Waals surface area contributed by atoms with Gasteiger partial charge in [-0.3, -0.25) is 4.79 Å². The highest BCUT2D eigenvalue weighted by molar-refractivity contribution is 7.16. The number of thiophene rings is 1. The van der Waals surface area contributed by atoms with Crippen LogP contribution in [0.5, 0.6) is 0 Å². The van der Waals surface area contributed by atoms with Crippen molar-refractivity contribution in [1.29, 1.82) is 0 Å². The summed E-state index contributed by atoms with van der Waals surface area (Å²) in [5.41, 5.74) is 0.401. The van der Waals surface area contributed by atoms with Crippen molar-refractivity contribution in [3.63, 3.8) is 0 Å². The molecule has 1 amide bonds. The number of ether oxygens (including phenoxy) is 2. The van der Waals surface area contributed by atoms with Gasteiger partial charge in [-0.25, -0.2) is 14.0 Å². The Morgan fingerprint density at radius 2 is 1.78 bits per heavy atom. The number of esters is 2. The molecule has 1 aromatic heterocycles. The number of carbonyl (C=O) groups excluding carboxylic acids is 3. The smallest absolute Gasteiger partial charge is 0.341 e. The van der Waals surface area contributed by atoms with Crippen molar-refractivity contribution in [3.05, 3.63) is 52.2 Å². The second kappa shape index (κ2) is 9.27. The predicted molar refractivity (Wildman–Crippen MR) is 99.7 cm³/mol. The van der Waals surface area contributed by atoms with E-state index in [4.69, 9.17) is 9.47 Å². The van der Waals surface area contributed by atoms with Crippen LogP contribution in [0.15, 0.2) is 30.3 Å². The second-order valence-corrected chi connectivity index (χ2v) is 6.98. The van der Waals surface area contributed by atoms with Gasteiger partial charge in [0.1, 0.15) is 10.8 Å². The number of hydrogen-bond donors (Lipinski definition) is 1. The van der Waals surface area contributed by atoms with Gasteiger partial charge in [-0.1, -0.05) is 13.8 Å². The van der Waals surface area contributed by atoms with Crippen LogP contribution in [0.2, 0.25) is 0 Å². The molecule has 0 atom stereocenters. The van der Waals surface area contributed by atoms with E-state index in [0.717, 1.165) is 17.0 Å². The van der Waals surface area contributed by atoms with Crippen LogP contribution in [-0.2, 0) is 14.3 Å². The first-order valence-electron chi connectivity index (χ1n) is 8.35. The Morgan fingerprint density at radius 1 is 1.11 bits per heavy atom. The largest absolute Gasteiger partial charge is 0.462 e. The summed E-state index contributed by atoms with van der Waals surface area (Å²) in [4.78, 5) is 37.0. The summed E-state index contributed by atoms with van der Waals surface area (Å²) in [7, 11) is 0. The summed E-state index contributed by atoms with van der Waals surface area (Å²) in [6.07, 6.45) is 0. The highest BCUT2D eigenvalue weighted by Gasteiger charge is 2.21. The molecule has 0 aliphatic heterocycles. The standard InChI is InChI=1S/C19H20FNO5S/c1-4-25-19(24)14-9-15(11(2)3)27-17(14)21-16(22)10-26-18(23)12-5-7-13(20)8-6-12/h5-9,11H,4,10H2,1-3H3,(H,21,22). The Labute approximate surface area is 160 Å². The molecule has 1 N–H and O–H groups in total. The van der Waals surface area contributed by atoms with Crippen molar-refractivity contribution >= 4 is 34.2 Å². The van der Waals surface area contributed by atoms with Gasteiger partial charge < -0.3 is 14.8 Å². The molecule has 2 aromatic rings. The average molecular weight is 393 g/mol. The maximum atomic E-state index is 12.9. The van der Waals surface area contributed by atoms with Crippen LogP contribution in [0.1, 0.15) is 52.3 Å². The minimum absolute atomic E-state index is 0.134.